The third-order valence-electron chi connectivity index (χ3n) is 3.16. The number of hydrogen-bond donors (Lipinski definition) is 0. The molecule has 0 rings (SSSR count). The summed E-state index contributed by atoms with van der Waals surface area (Å²) in [6.07, 6.45) is 3.76. The third-order valence-corrected chi connectivity index (χ3v) is 3.16. The van der Waals surface area contributed by atoms with Gasteiger partial charge in [0.2, 0.25) is 0 Å². The fourth-order valence-corrected chi connectivity index (χ4v) is 1.41. The van der Waals surface area contributed by atoms with Crippen LogP contribution in [0, 0.1) is 5.41 Å². The molecule has 12 heavy (non-hydrogen) atoms. The Morgan fingerprint density at radius 2 is 1.58 bits per heavy atom. The van der Waals surface area contributed by atoms with Crippen molar-refractivity contribution in [3.8, 4) is 0 Å². The van der Waals surface area contributed by atoms with E-state index in [1.54, 1.807) is 11.1 Å². The van der Waals surface area contributed by atoms with Crippen LogP contribution in [0.15, 0.2) is 11.1 Å². The summed E-state index contributed by atoms with van der Waals surface area (Å²) in [6.45, 7) is 13.7. The standard InChI is InChI=1S/C12H24/c1-7-9-10(3)11(4)12(5,6)8-2/h7-9H2,1-6H3. The second kappa shape index (κ2) is 4.69. The van der Waals surface area contributed by atoms with Gasteiger partial charge in [0.1, 0.15) is 0 Å². The first-order chi connectivity index (χ1) is 5.45. The van der Waals surface area contributed by atoms with Crippen molar-refractivity contribution in [3.63, 3.8) is 0 Å². The normalized spacial score (nSPS) is 14.5. The van der Waals surface area contributed by atoms with Gasteiger partial charge in [0.05, 0.1) is 0 Å². The molecule has 0 aliphatic carbocycles. The number of hydrogen-bond acceptors (Lipinski definition) is 0. The highest BCUT2D eigenvalue weighted by atomic mass is 14.2. The highest BCUT2D eigenvalue weighted by Crippen LogP contribution is 2.32. The summed E-state index contributed by atoms with van der Waals surface area (Å²) in [5.41, 5.74) is 3.58. The van der Waals surface area contributed by atoms with Gasteiger partial charge in [-0.25, -0.2) is 0 Å². The second-order valence-electron chi connectivity index (χ2n) is 4.39. The van der Waals surface area contributed by atoms with Gasteiger partial charge in [0.25, 0.3) is 0 Å². The molecule has 0 amide bonds. The molecule has 0 N–H and O–H groups in total. The van der Waals surface area contributed by atoms with E-state index in [0.717, 1.165) is 0 Å². The summed E-state index contributed by atoms with van der Waals surface area (Å²) in [6, 6.07) is 0. The fourth-order valence-electron chi connectivity index (χ4n) is 1.41. The Kier molecular flexibility index (Phi) is 4.59. The smallest absolute Gasteiger partial charge is 0.0147 e. The molecule has 0 heteroatoms. The van der Waals surface area contributed by atoms with Crippen molar-refractivity contribution in [3.05, 3.63) is 11.1 Å². The lowest BCUT2D eigenvalue weighted by molar-refractivity contribution is 0.423. The summed E-state index contributed by atoms with van der Waals surface area (Å²) in [5, 5.41) is 0. The van der Waals surface area contributed by atoms with Crippen LogP contribution in [0.1, 0.15) is 60.8 Å². The topological polar surface area (TPSA) is 0 Å². The quantitative estimate of drug-likeness (QED) is 0.540. The second-order valence-corrected chi connectivity index (χ2v) is 4.39. The molecule has 0 spiro atoms. The summed E-state index contributed by atoms with van der Waals surface area (Å²) in [4.78, 5) is 0. The average Bonchev–Trinajstić information content (AvgIpc) is 2.03. The summed E-state index contributed by atoms with van der Waals surface area (Å²) in [5.74, 6) is 0. The zero-order valence-corrected chi connectivity index (χ0v) is 9.62. The van der Waals surface area contributed by atoms with Crippen LogP contribution in [0.4, 0.5) is 0 Å². The average molecular weight is 168 g/mol. The fraction of sp³-hybridized carbons (Fsp3) is 0.833. The molecular weight excluding hydrogens is 144 g/mol. The van der Waals surface area contributed by atoms with E-state index in [4.69, 9.17) is 0 Å². The molecule has 0 fully saturated rings. The van der Waals surface area contributed by atoms with Crippen LogP contribution in [-0.4, -0.2) is 0 Å². The van der Waals surface area contributed by atoms with Crippen LogP contribution in [0.3, 0.4) is 0 Å². The van der Waals surface area contributed by atoms with Gasteiger partial charge in [0.15, 0.2) is 0 Å². The van der Waals surface area contributed by atoms with Gasteiger partial charge in [-0.1, -0.05) is 45.3 Å². The van der Waals surface area contributed by atoms with Crippen LogP contribution in [0.5, 0.6) is 0 Å². The lowest BCUT2D eigenvalue weighted by Crippen LogP contribution is -2.12. The molecule has 0 nitrogen and oxygen atoms in total. The van der Waals surface area contributed by atoms with Crippen molar-refractivity contribution in [1.82, 2.24) is 0 Å². The van der Waals surface area contributed by atoms with Crippen LogP contribution < -0.4 is 0 Å². The van der Waals surface area contributed by atoms with E-state index in [2.05, 4.69) is 41.5 Å². The largest absolute Gasteiger partial charge is 0.0739 e. The predicted molar refractivity (Wildman–Crippen MR) is 57.4 cm³/mol. The SMILES string of the molecule is CCCC(C)=C(C)C(C)(C)CC. The van der Waals surface area contributed by atoms with E-state index in [9.17, 15) is 0 Å². The van der Waals surface area contributed by atoms with Crippen molar-refractivity contribution in [2.24, 2.45) is 5.41 Å². The molecule has 0 aromatic rings. The minimum Gasteiger partial charge on any atom is -0.0739 e. The van der Waals surface area contributed by atoms with Gasteiger partial charge in [-0.15, -0.1) is 0 Å². The lowest BCUT2D eigenvalue weighted by atomic mass is 9.80. The molecular formula is C12H24. The number of rotatable bonds is 4. The molecule has 0 unspecified atom stereocenters. The highest BCUT2D eigenvalue weighted by Gasteiger charge is 2.18. The predicted octanol–water partition coefficient (Wildman–Crippen LogP) is 4.56. The minimum absolute atomic E-state index is 0.402. The van der Waals surface area contributed by atoms with Crippen LogP contribution in [-0.2, 0) is 0 Å². The molecule has 0 aliphatic heterocycles. The minimum atomic E-state index is 0.402. The maximum Gasteiger partial charge on any atom is -0.0147 e. The van der Waals surface area contributed by atoms with Crippen molar-refractivity contribution >= 4 is 0 Å². The van der Waals surface area contributed by atoms with E-state index < -0.39 is 0 Å². The van der Waals surface area contributed by atoms with Crippen LogP contribution >= 0.6 is 0 Å². The summed E-state index contributed by atoms with van der Waals surface area (Å²) < 4.78 is 0. The number of allylic oxidation sites excluding steroid dienone is 2. The molecule has 0 aliphatic rings. The third kappa shape index (κ3) is 3.00. The van der Waals surface area contributed by atoms with Gasteiger partial charge >= 0.3 is 0 Å². The van der Waals surface area contributed by atoms with Gasteiger partial charge < -0.3 is 0 Å². The molecule has 0 aromatic heterocycles. The Balaban J connectivity index is 4.52. The summed E-state index contributed by atoms with van der Waals surface area (Å²) >= 11 is 0. The zero-order chi connectivity index (χ0) is 9.78. The molecule has 0 aromatic carbocycles. The van der Waals surface area contributed by atoms with E-state index >= 15 is 0 Å². The Hall–Kier alpha value is -0.260. The molecule has 0 saturated carbocycles. The first-order valence-corrected chi connectivity index (χ1v) is 5.12. The van der Waals surface area contributed by atoms with Gasteiger partial charge in [-0.3, -0.25) is 0 Å². The van der Waals surface area contributed by atoms with Gasteiger partial charge in [-0.2, -0.15) is 0 Å². The van der Waals surface area contributed by atoms with Gasteiger partial charge in [0, 0.05) is 0 Å². The molecule has 0 bridgehead atoms. The Labute approximate surface area is 78.1 Å². The van der Waals surface area contributed by atoms with Crippen LogP contribution in [0.25, 0.3) is 0 Å². The van der Waals surface area contributed by atoms with E-state index in [1.807, 2.05) is 0 Å². The molecule has 0 saturated heterocycles. The first-order valence-electron chi connectivity index (χ1n) is 5.12. The monoisotopic (exact) mass is 168 g/mol. The maximum atomic E-state index is 2.33. The lowest BCUT2D eigenvalue weighted by Gasteiger charge is -2.26. The van der Waals surface area contributed by atoms with E-state index in [0.29, 0.717) is 5.41 Å². The Morgan fingerprint density at radius 3 is 1.92 bits per heavy atom. The first kappa shape index (κ1) is 11.7. The van der Waals surface area contributed by atoms with Crippen molar-refractivity contribution in [2.45, 2.75) is 60.8 Å². The molecule has 0 atom stereocenters. The Bertz CT molecular complexity index is 161. The van der Waals surface area contributed by atoms with Crippen molar-refractivity contribution in [2.75, 3.05) is 0 Å². The Morgan fingerprint density at radius 1 is 1.08 bits per heavy atom. The molecule has 72 valence electrons. The van der Waals surface area contributed by atoms with Crippen LogP contribution in [0.2, 0.25) is 0 Å². The maximum absolute atomic E-state index is 2.33. The highest BCUT2D eigenvalue weighted by molar-refractivity contribution is 5.16. The van der Waals surface area contributed by atoms with Gasteiger partial charge in [-0.05, 0) is 32.1 Å². The van der Waals surface area contributed by atoms with E-state index in [1.165, 1.54) is 19.3 Å². The van der Waals surface area contributed by atoms with E-state index in [-0.39, 0.29) is 0 Å². The van der Waals surface area contributed by atoms with Crippen molar-refractivity contribution < 1.29 is 0 Å². The summed E-state index contributed by atoms with van der Waals surface area (Å²) in [7, 11) is 0. The molecule has 0 heterocycles. The molecule has 0 radical (unpaired) electrons. The zero-order valence-electron chi connectivity index (χ0n) is 9.62. The van der Waals surface area contributed by atoms with Crippen molar-refractivity contribution in [1.29, 1.82) is 0 Å².